The quantitative estimate of drug-likeness (QED) is 0.420. The third-order valence-corrected chi connectivity index (χ3v) is 4.68. The van der Waals surface area contributed by atoms with Gasteiger partial charge in [0.15, 0.2) is 0 Å². The maximum absolute atomic E-state index is 13.1. The molecular weight excluding hydrogens is 372 g/mol. The van der Waals surface area contributed by atoms with Crippen LogP contribution in [0.25, 0.3) is 0 Å². The second-order valence-electron chi connectivity index (χ2n) is 6.74. The third kappa shape index (κ3) is 4.28. The summed E-state index contributed by atoms with van der Waals surface area (Å²) in [4.78, 5) is 48.5. The molecule has 0 saturated carbocycles. The predicted octanol–water partition coefficient (Wildman–Crippen LogP) is 1.81. The summed E-state index contributed by atoms with van der Waals surface area (Å²) in [5.41, 5.74) is -0.537. The van der Waals surface area contributed by atoms with Gasteiger partial charge in [0.1, 0.15) is 6.61 Å². The van der Waals surface area contributed by atoms with Crippen molar-refractivity contribution in [1.29, 1.82) is 0 Å². The van der Waals surface area contributed by atoms with Gasteiger partial charge in [-0.2, -0.15) is 0 Å². The van der Waals surface area contributed by atoms with Gasteiger partial charge in [-0.3, -0.25) is 19.7 Å². The van der Waals surface area contributed by atoms with Crippen LogP contribution in [0.5, 0.6) is 0 Å². The standard InChI is InChI=1S/C18H22N2O8/c1-10(2)14-9-28-18(24)19(14)17(23)12(8-15(21)27-3)16(22)11-6-4-5-7-13(11)20(25)26/h4-7,10,12,14,16,22H,8-9H2,1-3H3/t12-,14-,16-/m1/s1. The summed E-state index contributed by atoms with van der Waals surface area (Å²) in [7, 11) is 1.11. The summed E-state index contributed by atoms with van der Waals surface area (Å²) in [6, 6.07) is 4.78. The van der Waals surface area contributed by atoms with E-state index in [2.05, 4.69) is 4.74 Å². The summed E-state index contributed by atoms with van der Waals surface area (Å²) in [6.45, 7) is 3.58. The molecule has 3 atom stereocenters. The fourth-order valence-corrected chi connectivity index (χ4v) is 3.08. The maximum Gasteiger partial charge on any atom is 0.416 e. The molecule has 0 aromatic heterocycles. The van der Waals surface area contributed by atoms with Gasteiger partial charge in [0.2, 0.25) is 5.91 Å². The van der Waals surface area contributed by atoms with Crippen LogP contribution in [0.15, 0.2) is 24.3 Å². The summed E-state index contributed by atoms with van der Waals surface area (Å²) >= 11 is 0. The largest absolute Gasteiger partial charge is 0.469 e. The van der Waals surface area contributed by atoms with Crippen LogP contribution in [-0.2, 0) is 19.1 Å². The molecule has 1 aliphatic rings. The molecule has 10 heteroatoms. The van der Waals surface area contributed by atoms with Gasteiger partial charge in [-0.25, -0.2) is 9.69 Å². The maximum atomic E-state index is 13.1. The highest BCUT2D eigenvalue weighted by atomic mass is 16.6. The minimum atomic E-state index is -1.70. The Morgan fingerprint density at radius 3 is 2.61 bits per heavy atom. The number of aliphatic hydroxyl groups excluding tert-OH is 1. The number of aliphatic hydroxyl groups is 1. The Hall–Kier alpha value is -3.01. The smallest absolute Gasteiger partial charge is 0.416 e. The molecule has 1 aromatic rings. The Morgan fingerprint density at radius 1 is 1.39 bits per heavy atom. The van der Waals surface area contributed by atoms with Crippen molar-refractivity contribution < 1.29 is 33.9 Å². The van der Waals surface area contributed by atoms with Crippen LogP contribution in [0.3, 0.4) is 0 Å². The first-order valence-corrected chi connectivity index (χ1v) is 8.67. The number of nitro groups is 1. The molecule has 1 saturated heterocycles. The van der Waals surface area contributed by atoms with Crippen LogP contribution in [0.2, 0.25) is 0 Å². The molecule has 1 fully saturated rings. The first-order chi connectivity index (χ1) is 13.2. The molecule has 0 bridgehead atoms. The Morgan fingerprint density at radius 2 is 2.04 bits per heavy atom. The number of nitro benzene ring substituents is 1. The average Bonchev–Trinajstić information content (AvgIpc) is 3.06. The van der Waals surface area contributed by atoms with E-state index < -0.39 is 53.1 Å². The molecule has 1 aliphatic heterocycles. The van der Waals surface area contributed by atoms with Crippen molar-refractivity contribution in [3.8, 4) is 0 Å². The number of imide groups is 1. The number of nitrogens with zero attached hydrogens (tertiary/aromatic N) is 2. The number of ether oxygens (including phenoxy) is 2. The molecule has 2 rings (SSSR count). The molecule has 0 unspecified atom stereocenters. The molecular formula is C18H22N2O8. The molecule has 0 spiro atoms. The molecule has 0 aliphatic carbocycles. The first-order valence-electron chi connectivity index (χ1n) is 8.67. The molecule has 152 valence electrons. The van der Waals surface area contributed by atoms with Gasteiger partial charge in [0, 0.05) is 6.07 Å². The lowest BCUT2D eigenvalue weighted by Gasteiger charge is -2.28. The van der Waals surface area contributed by atoms with Crippen molar-refractivity contribution in [1.82, 2.24) is 4.90 Å². The van der Waals surface area contributed by atoms with E-state index in [1.165, 1.54) is 24.3 Å². The van der Waals surface area contributed by atoms with E-state index in [0.29, 0.717) is 0 Å². The first kappa shape index (κ1) is 21.3. The van der Waals surface area contributed by atoms with E-state index in [1.807, 2.05) is 0 Å². The van der Waals surface area contributed by atoms with Gasteiger partial charge in [-0.1, -0.05) is 26.0 Å². The second-order valence-corrected chi connectivity index (χ2v) is 6.74. The van der Waals surface area contributed by atoms with Crippen molar-refractivity contribution in [2.45, 2.75) is 32.4 Å². The van der Waals surface area contributed by atoms with Crippen LogP contribution in [-0.4, -0.2) is 52.7 Å². The topological polar surface area (TPSA) is 136 Å². The Bertz CT molecular complexity index is 779. The molecule has 0 radical (unpaired) electrons. The SMILES string of the molecule is COC(=O)C[C@@H](C(=O)N1C(=O)OC[C@@H]1C(C)C)[C@H](O)c1ccccc1[N+](=O)[O-]. The highest BCUT2D eigenvalue weighted by Gasteiger charge is 2.45. The van der Waals surface area contributed by atoms with Crippen molar-refractivity contribution in [2.24, 2.45) is 11.8 Å². The van der Waals surface area contributed by atoms with Crippen molar-refractivity contribution >= 4 is 23.7 Å². The number of carbonyl (C=O) groups excluding carboxylic acids is 3. The lowest BCUT2D eigenvalue weighted by Crippen LogP contribution is -2.46. The van der Waals surface area contributed by atoms with E-state index in [4.69, 9.17) is 4.74 Å². The van der Waals surface area contributed by atoms with Crippen LogP contribution < -0.4 is 0 Å². The van der Waals surface area contributed by atoms with Crippen LogP contribution in [0.1, 0.15) is 31.9 Å². The van der Waals surface area contributed by atoms with E-state index in [0.717, 1.165) is 12.0 Å². The van der Waals surface area contributed by atoms with Gasteiger partial charge in [0.05, 0.1) is 42.1 Å². The molecule has 2 amide bonds. The number of rotatable bonds is 7. The second kappa shape index (κ2) is 8.79. The summed E-state index contributed by atoms with van der Waals surface area (Å²) < 4.78 is 9.54. The van der Waals surface area contributed by atoms with Crippen molar-refractivity contribution in [2.75, 3.05) is 13.7 Å². The minimum Gasteiger partial charge on any atom is -0.469 e. The number of benzene rings is 1. The highest BCUT2D eigenvalue weighted by molar-refractivity contribution is 5.96. The number of esters is 1. The van der Waals surface area contributed by atoms with Crippen molar-refractivity contribution in [3.63, 3.8) is 0 Å². The Balaban J connectivity index is 2.44. The fourth-order valence-electron chi connectivity index (χ4n) is 3.08. The lowest BCUT2D eigenvalue weighted by molar-refractivity contribution is -0.386. The third-order valence-electron chi connectivity index (χ3n) is 4.68. The lowest BCUT2D eigenvalue weighted by atomic mass is 9.89. The molecule has 10 nitrogen and oxygen atoms in total. The van der Waals surface area contributed by atoms with Gasteiger partial charge < -0.3 is 14.6 Å². The number of amides is 2. The van der Waals surface area contributed by atoms with Crippen LogP contribution in [0, 0.1) is 22.0 Å². The molecule has 28 heavy (non-hydrogen) atoms. The number of carbonyl (C=O) groups is 3. The van der Waals surface area contributed by atoms with E-state index in [9.17, 15) is 29.6 Å². The monoisotopic (exact) mass is 394 g/mol. The van der Waals surface area contributed by atoms with Gasteiger partial charge in [-0.05, 0) is 12.0 Å². The summed E-state index contributed by atoms with van der Waals surface area (Å²) in [5.74, 6) is -3.24. The fraction of sp³-hybridized carbons (Fsp3) is 0.500. The number of para-hydroxylation sites is 1. The highest BCUT2D eigenvalue weighted by Crippen LogP contribution is 2.34. The predicted molar refractivity (Wildman–Crippen MR) is 95.0 cm³/mol. The zero-order chi connectivity index (χ0) is 21.0. The van der Waals surface area contributed by atoms with Gasteiger partial charge in [0.25, 0.3) is 5.69 Å². The van der Waals surface area contributed by atoms with Crippen LogP contribution >= 0.6 is 0 Å². The van der Waals surface area contributed by atoms with E-state index in [-0.39, 0.29) is 18.1 Å². The van der Waals surface area contributed by atoms with Crippen molar-refractivity contribution in [3.05, 3.63) is 39.9 Å². The number of hydrogen-bond acceptors (Lipinski definition) is 8. The van der Waals surface area contributed by atoms with Gasteiger partial charge >= 0.3 is 12.1 Å². The van der Waals surface area contributed by atoms with Gasteiger partial charge in [-0.15, -0.1) is 0 Å². The Kier molecular flexibility index (Phi) is 6.68. The Labute approximate surface area is 161 Å². The van der Waals surface area contributed by atoms with E-state index in [1.54, 1.807) is 13.8 Å². The number of methoxy groups -OCH3 is 1. The van der Waals surface area contributed by atoms with Crippen LogP contribution in [0.4, 0.5) is 10.5 Å². The average molecular weight is 394 g/mol. The molecule has 1 N–H and O–H groups in total. The zero-order valence-electron chi connectivity index (χ0n) is 15.7. The summed E-state index contributed by atoms with van der Waals surface area (Å²) in [5, 5.41) is 22.1. The normalized spacial score (nSPS) is 18.5. The summed E-state index contributed by atoms with van der Waals surface area (Å²) in [6.07, 6.45) is -3.14. The minimum absolute atomic E-state index is 0.00519. The van der Waals surface area contributed by atoms with E-state index >= 15 is 0 Å². The molecule has 1 heterocycles. The zero-order valence-corrected chi connectivity index (χ0v) is 15.7. The molecule has 1 aromatic carbocycles. The number of hydrogen-bond donors (Lipinski definition) is 1. The number of cyclic esters (lactones) is 1.